The van der Waals surface area contributed by atoms with Gasteiger partial charge in [-0.1, -0.05) is 54.1 Å². The summed E-state index contributed by atoms with van der Waals surface area (Å²) >= 11 is 0. The lowest BCUT2D eigenvalue weighted by Gasteiger charge is -2.30. The largest absolute Gasteiger partial charge is 0.497 e. The molecule has 0 atom stereocenters. The molecule has 0 aliphatic carbocycles. The van der Waals surface area contributed by atoms with Crippen LogP contribution in [-0.2, 0) is 9.53 Å². The second kappa shape index (κ2) is 13.3. The third-order valence-electron chi connectivity index (χ3n) is 7.07. The quantitative estimate of drug-likeness (QED) is 0.316. The number of rotatable bonds is 10. The summed E-state index contributed by atoms with van der Waals surface area (Å²) in [5, 5.41) is 2.97. The first-order chi connectivity index (χ1) is 20.0. The van der Waals surface area contributed by atoms with Gasteiger partial charge in [0.15, 0.2) is 0 Å². The van der Waals surface area contributed by atoms with Gasteiger partial charge in [0, 0.05) is 49.2 Å². The summed E-state index contributed by atoms with van der Waals surface area (Å²) in [6.45, 7) is 5.86. The molecule has 1 aliphatic heterocycles. The standard InChI is InChI=1S/C32H35N5O4/c1-24-11-13-27(14-12-24)37-22-29(25-7-4-3-5-8-25)33-32(37)34-30(38)23-36(16-15-35-17-19-41-20-18-35)31(39)26-9-6-10-28(21-26)40-2/h3-14,21-22H,15-20,23H2,1-2H3,(H,33,34,38). The van der Waals surface area contributed by atoms with E-state index in [1.165, 1.54) is 0 Å². The Hall–Kier alpha value is -4.47. The number of nitrogens with zero attached hydrogens (tertiary/aromatic N) is 4. The van der Waals surface area contributed by atoms with Gasteiger partial charge in [0.05, 0.1) is 26.0 Å². The van der Waals surface area contributed by atoms with E-state index in [-0.39, 0.29) is 18.4 Å². The van der Waals surface area contributed by atoms with Gasteiger partial charge in [0.1, 0.15) is 12.3 Å². The summed E-state index contributed by atoms with van der Waals surface area (Å²) in [7, 11) is 1.56. The molecule has 1 aromatic heterocycles. The molecule has 0 bridgehead atoms. The fourth-order valence-electron chi connectivity index (χ4n) is 4.73. The van der Waals surface area contributed by atoms with E-state index in [1.54, 1.807) is 36.3 Å². The molecule has 9 nitrogen and oxygen atoms in total. The maximum Gasteiger partial charge on any atom is 0.254 e. The van der Waals surface area contributed by atoms with Crippen LogP contribution >= 0.6 is 0 Å². The Morgan fingerprint density at radius 2 is 1.76 bits per heavy atom. The predicted octanol–water partition coefficient (Wildman–Crippen LogP) is 4.27. The zero-order chi connectivity index (χ0) is 28.6. The van der Waals surface area contributed by atoms with E-state index in [2.05, 4.69) is 10.2 Å². The number of carbonyl (C=O) groups is 2. The van der Waals surface area contributed by atoms with Gasteiger partial charge in [-0.2, -0.15) is 0 Å². The van der Waals surface area contributed by atoms with Crippen molar-refractivity contribution >= 4 is 17.8 Å². The minimum Gasteiger partial charge on any atom is -0.497 e. The van der Waals surface area contributed by atoms with Crippen molar-refractivity contribution in [2.45, 2.75) is 6.92 Å². The summed E-state index contributed by atoms with van der Waals surface area (Å²) in [6.07, 6.45) is 1.91. The van der Waals surface area contributed by atoms with Crippen LogP contribution in [0.3, 0.4) is 0 Å². The Balaban J connectivity index is 1.38. The van der Waals surface area contributed by atoms with Crippen molar-refractivity contribution < 1.29 is 19.1 Å². The molecule has 2 heterocycles. The number of carbonyl (C=O) groups excluding carboxylic acids is 2. The zero-order valence-corrected chi connectivity index (χ0v) is 23.5. The highest BCUT2D eigenvalue weighted by molar-refractivity contribution is 5.99. The van der Waals surface area contributed by atoms with E-state index in [1.807, 2.05) is 72.3 Å². The van der Waals surface area contributed by atoms with Crippen LogP contribution in [0.2, 0.25) is 0 Å². The molecule has 9 heteroatoms. The van der Waals surface area contributed by atoms with Crippen LogP contribution in [0.15, 0.2) is 85.1 Å². The highest BCUT2D eigenvalue weighted by atomic mass is 16.5. The van der Waals surface area contributed by atoms with E-state index in [0.717, 1.165) is 35.6 Å². The number of anilines is 1. The van der Waals surface area contributed by atoms with Crippen LogP contribution in [0.4, 0.5) is 5.95 Å². The summed E-state index contributed by atoms with van der Waals surface area (Å²) in [5.74, 6) is 0.405. The van der Waals surface area contributed by atoms with Crippen molar-refractivity contribution in [1.29, 1.82) is 0 Å². The van der Waals surface area contributed by atoms with Crippen molar-refractivity contribution in [2.24, 2.45) is 0 Å². The number of hydrogen-bond acceptors (Lipinski definition) is 6. The first-order valence-corrected chi connectivity index (χ1v) is 13.8. The number of hydrogen-bond donors (Lipinski definition) is 1. The molecule has 5 rings (SSSR count). The molecule has 41 heavy (non-hydrogen) atoms. The van der Waals surface area contributed by atoms with Gasteiger partial charge in [-0.15, -0.1) is 0 Å². The second-order valence-electron chi connectivity index (χ2n) is 9.98. The molecule has 2 amide bonds. The number of nitrogens with one attached hydrogen (secondary N) is 1. The number of imidazole rings is 1. The van der Waals surface area contributed by atoms with E-state index in [0.29, 0.717) is 43.6 Å². The summed E-state index contributed by atoms with van der Waals surface area (Å²) in [6, 6.07) is 24.8. The maximum absolute atomic E-state index is 13.6. The average Bonchev–Trinajstić information content (AvgIpc) is 3.43. The fraction of sp³-hybridized carbons (Fsp3) is 0.281. The number of aryl methyl sites for hydroxylation is 1. The highest BCUT2D eigenvalue weighted by Gasteiger charge is 2.23. The molecule has 1 saturated heterocycles. The molecule has 212 valence electrons. The van der Waals surface area contributed by atoms with Crippen molar-refractivity contribution in [3.8, 4) is 22.7 Å². The normalized spacial score (nSPS) is 13.5. The van der Waals surface area contributed by atoms with Gasteiger partial charge in [-0.3, -0.25) is 24.4 Å². The fourth-order valence-corrected chi connectivity index (χ4v) is 4.73. The van der Waals surface area contributed by atoms with Gasteiger partial charge >= 0.3 is 0 Å². The molecule has 0 radical (unpaired) electrons. The van der Waals surface area contributed by atoms with E-state index in [9.17, 15) is 9.59 Å². The smallest absolute Gasteiger partial charge is 0.254 e. The average molecular weight is 554 g/mol. The first kappa shape index (κ1) is 28.1. The molecular formula is C32H35N5O4. The van der Waals surface area contributed by atoms with Crippen molar-refractivity contribution in [2.75, 3.05) is 58.4 Å². The monoisotopic (exact) mass is 553 g/mol. The highest BCUT2D eigenvalue weighted by Crippen LogP contribution is 2.24. The third-order valence-corrected chi connectivity index (χ3v) is 7.07. The minimum absolute atomic E-state index is 0.123. The van der Waals surface area contributed by atoms with Crippen molar-refractivity contribution in [3.63, 3.8) is 0 Å². The number of ether oxygens (including phenoxy) is 2. The summed E-state index contributed by atoms with van der Waals surface area (Å²) in [5.41, 5.74) is 4.14. The lowest BCUT2D eigenvalue weighted by molar-refractivity contribution is -0.117. The second-order valence-corrected chi connectivity index (χ2v) is 9.98. The van der Waals surface area contributed by atoms with Crippen molar-refractivity contribution in [1.82, 2.24) is 19.4 Å². The van der Waals surface area contributed by atoms with Gasteiger partial charge in [-0.25, -0.2) is 4.98 Å². The Bertz CT molecular complexity index is 1460. The Morgan fingerprint density at radius 1 is 1.00 bits per heavy atom. The van der Waals surface area contributed by atoms with Gasteiger partial charge in [0.25, 0.3) is 5.91 Å². The SMILES string of the molecule is COc1cccc(C(=O)N(CCN2CCOCC2)CC(=O)Nc2nc(-c3ccccc3)cn2-c2ccc(C)cc2)c1. The predicted molar refractivity (Wildman–Crippen MR) is 159 cm³/mol. The van der Waals surface area contributed by atoms with E-state index < -0.39 is 0 Å². The molecule has 0 saturated carbocycles. The molecule has 1 N–H and O–H groups in total. The molecule has 1 fully saturated rings. The molecule has 4 aromatic rings. The Labute approximate surface area is 240 Å². The topological polar surface area (TPSA) is 88.9 Å². The lowest BCUT2D eigenvalue weighted by Crippen LogP contribution is -2.45. The van der Waals surface area contributed by atoms with Gasteiger partial charge in [0.2, 0.25) is 11.9 Å². The number of aromatic nitrogens is 2. The van der Waals surface area contributed by atoms with Crippen LogP contribution in [0.25, 0.3) is 16.9 Å². The first-order valence-electron chi connectivity index (χ1n) is 13.8. The maximum atomic E-state index is 13.6. The van der Waals surface area contributed by atoms with Crippen LogP contribution < -0.4 is 10.1 Å². The molecule has 0 spiro atoms. The summed E-state index contributed by atoms with van der Waals surface area (Å²) < 4.78 is 12.6. The lowest BCUT2D eigenvalue weighted by atomic mass is 10.2. The van der Waals surface area contributed by atoms with Crippen LogP contribution in [0.5, 0.6) is 5.75 Å². The van der Waals surface area contributed by atoms with Crippen LogP contribution in [0, 0.1) is 6.92 Å². The third kappa shape index (κ3) is 7.19. The summed E-state index contributed by atoms with van der Waals surface area (Å²) in [4.78, 5) is 35.7. The van der Waals surface area contributed by atoms with Gasteiger partial charge in [-0.05, 0) is 37.3 Å². The molecule has 3 aromatic carbocycles. The van der Waals surface area contributed by atoms with E-state index >= 15 is 0 Å². The molecule has 0 unspecified atom stereocenters. The zero-order valence-electron chi connectivity index (χ0n) is 23.5. The number of morpholine rings is 1. The molecule has 1 aliphatic rings. The minimum atomic E-state index is -0.332. The van der Waals surface area contributed by atoms with Crippen LogP contribution in [-0.4, -0.2) is 84.2 Å². The van der Waals surface area contributed by atoms with Crippen molar-refractivity contribution in [3.05, 3.63) is 96.2 Å². The van der Waals surface area contributed by atoms with Crippen LogP contribution in [0.1, 0.15) is 15.9 Å². The number of benzene rings is 3. The number of amides is 2. The Morgan fingerprint density at radius 3 is 2.49 bits per heavy atom. The number of methoxy groups -OCH3 is 1. The molecular weight excluding hydrogens is 518 g/mol. The van der Waals surface area contributed by atoms with Gasteiger partial charge < -0.3 is 14.4 Å². The Kier molecular flexibility index (Phi) is 9.08. The van der Waals surface area contributed by atoms with E-state index in [4.69, 9.17) is 14.5 Å².